The summed E-state index contributed by atoms with van der Waals surface area (Å²) in [6.07, 6.45) is 0. The molecule has 90 valence electrons. The van der Waals surface area contributed by atoms with Crippen molar-refractivity contribution in [3.63, 3.8) is 0 Å². The Hall–Kier alpha value is -1.13. The van der Waals surface area contributed by atoms with E-state index in [1.807, 2.05) is 0 Å². The Balaban J connectivity index is 2.72. The van der Waals surface area contributed by atoms with Gasteiger partial charge in [0.05, 0.1) is 5.60 Å². The first-order valence-corrected chi connectivity index (χ1v) is 5.20. The highest BCUT2D eigenvalue weighted by Gasteiger charge is 2.13. The summed E-state index contributed by atoms with van der Waals surface area (Å²) in [4.78, 5) is 0. The molecule has 0 aliphatic carbocycles. The lowest BCUT2D eigenvalue weighted by molar-refractivity contribution is 0.0283. The van der Waals surface area contributed by atoms with Crippen molar-refractivity contribution < 1.29 is 14.2 Å². The van der Waals surface area contributed by atoms with Crippen LogP contribution in [-0.2, 0) is 6.54 Å². The Bertz CT molecular complexity index is 347. The molecule has 0 unspecified atom stereocenters. The van der Waals surface area contributed by atoms with Crippen LogP contribution in [0, 0.1) is 5.82 Å². The zero-order valence-electron chi connectivity index (χ0n) is 9.88. The van der Waals surface area contributed by atoms with E-state index in [9.17, 15) is 9.50 Å². The molecule has 2 N–H and O–H groups in total. The number of halogens is 1. The number of hydrogen-bond donors (Lipinski definition) is 2. The van der Waals surface area contributed by atoms with Gasteiger partial charge in [-0.2, -0.15) is 0 Å². The van der Waals surface area contributed by atoms with Crippen molar-refractivity contribution in [1.82, 2.24) is 5.32 Å². The Kier molecular flexibility index (Phi) is 4.26. The van der Waals surface area contributed by atoms with Gasteiger partial charge in [-0.15, -0.1) is 0 Å². The van der Waals surface area contributed by atoms with Gasteiger partial charge in [0.2, 0.25) is 0 Å². The molecule has 0 heterocycles. The molecule has 3 nitrogen and oxygen atoms in total. The molecule has 0 spiro atoms. The minimum absolute atomic E-state index is 0.134. The third-order valence-electron chi connectivity index (χ3n) is 1.90. The van der Waals surface area contributed by atoms with Gasteiger partial charge in [-0.05, 0) is 38.6 Å². The van der Waals surface area contributed by atoms with Crippen LogP contribution in [0.15, 0.2) is 18.2 Å². The smallest absolute Gasteiger partial charge is 0.127 e. The molecule has 16 heavy (non-hydrogen) atoms. The maximum absolute atomic E-state index is 13.2. The topological polar surface area (TPSA) is 41.5 Å². The van der Waals surface area contributed by atoms with E-state index >= 15 is 0 Å². The molecule has 1 aromatic rings. The minimum atomic E-state index is -0.921. The lowest BCUT2D eigenvalue weighted by atomic mass is 10.1. The molecule has 1 aromatic carbocycles. The molecule has 0 aliphatic rings. The standard InChI is InChI=1S/C12H18FNO2/c1-12(2,15)8-16-11-5-9(7-14-3)4-10(13)6-11/h4-6,14-15H,7-8H2,1-3H3. The van der Waals surface area contributed by atoms with E-state index in [-0.39, 0.29) is 12.4 Å². The van der Waals surface area contributed by atoms with Crippen molar-refractivity contribution in [2.45, 2.75) is 26.0 Å². The highest BCUT2D eigenvalue weighted by molar-refractivity contribution is 5.29. The van der Waals surface area contributed by atoms with Crippen molar-refractivity contribution in [2.75, 3.05) is 13.7 Å². The number of rotatable bonds is 5. The van der Waals surface area contributed by atoms with Crippen LogP contribution in [0.1, 0.15) is 19.4 Å². The maximum Gasteiger partial charge on any atom is 0.127 e. The van der Waals surface area contributed by atoms with E-state index < -0.39 is 5.60 Å². The maximum atomic E-state index is 13.2. The average Bonchev–Trinajstić information content (AvgIpc) is 2.13. The molecular weight excluding hydrogens is 209 g/mol. The highest BCUT2D eigenvalue weighted by atomic mass is 19.1. The monoisotopic (exact) mass is 227 g/mol. The summed E-state index contributed by atoms with van der Waals surface area (Å²) in [5, 5.41) is 12.4. The summed E-state index contributed by atoms with van der Waals surface area (Å²) in [5.74, 6) is 0.103. The first-order chi connectivity index (χ1) is 7.40. The number of aliphatic hydroxyl groups is 1. The Morgan fingerprint density at radius 3 is 2.62 bits per heavy atom. The third kappa shape index (κ3) is 4.59. The lowest BCUT2D eigenvalue weighted by Crippen LogP contribution is -2.27. The van der Waals surface area contributed by atoms with Crippen LogP contribution in [0.3, 0.4) is 0 Å². The van der Waals surface area contributed by atoms with E-state index in [1.54, 1.807) is 27.0 Å². The Labute approximate surface area is 95.2 Å². The summed E-state index contributed by atoms with van der Waals surface area (Å²) in [7, 11) is 1.79. The second-order valence-corrected chi connectivity index (χ2v) is 4.43. The fraction of sp³-hybridized carbons (Fsp3) is 0.500. The molecule has 0 atom stereocenters. The zero-order valence-corrected chi connectivity index (χ0v) is 9.88. The fourth-order valence-electron chi connectivity index (χ4n) is 1.27. The molecular formula is C12H18FNO2. The summed E-state index contributed by atoms with van der Waals surface area (Å²) in [6, 6.07) is 4.52. The predicted octanol–water partition coefficient (Wildman–Crippen LogP) is 1.69. The van der Waals surface area contributed by atoms with Gasteiger partial charge in [-0.3, -0.25) is 0 Å². The van der Waals surface area contributed by atoms with E-state index in [0.717, 1.165) is 5.56 Å². The zero-order chi connectivity index (χ0) is 12.2. The molecule has 0 saturated carbocycles. The van der Waals surface area contributed by atoms with E-state index in [4.69, 9.17) is 4.74 Å². The van der Waals surface area contributed by atoms with Gasteiger partial charge < -0.3 is 15.2 Å². The van der Waals surface area contributed by atoms with E-state index in [1.165, 1.54) is 12.1 Å². The van der Waals surface area contributed by atoms with Crippen LogP contribution in [0.4, 0.5) is 4.39 Å². The van der Waals surface area contributed by atoms with Crippen molar-refractivity contribution in [3.8, 4) is 5.75 Å². The largest absolute Gasteiger partial charge is 0.491 e. The van der Waals surface area contributed by atoms with E-state index in [2.05, 4.69) is 5.32 Å². The van der Waals surface area contributed by atoms with Crippen LogP contribution in [0.2, 0.25) is 0 Å². The van der Waals surface area contributed by atoms with Crippen LogP contribution < -0.4 is 10.1 Å². The normalized spacial score (nSPS) is 11.6. The quantitative estimate of drug-likeness (QED) is 0.804. The van der Waals surface area contributed by atoms with Crippen molar-refractivity contribution in [1.29, 1.82) is 0 Å². The van der Waals surface area contributed by atoms with Gasteiger partial charge in [0.15, 0.2) is 0 Å². The molecule has 1 rings (SSSR count). The van der Waals surface area contributed by atoms with Gasteiger partial charge in [-0.25, -0.2) is 4.39 Å². The SMILES string of the molecule is CNCc1cc(F)cc(OCC(C)(C)O)c1. The number of hydrogen-bond acceptors (Lipinski definition) is 3. The van der Waals surface area contributed by atoms with Crippen LogP contribution >= 0.6 is 0 Å². The second kappa shape index (κ2) is 5.27. The minimum Gasteiger partial charge on any atom is -0.491 e. The van der Waals surface area contributed by atoms with Gasteiger partial charge >= 0.3 is 0 Å². The molecule has 0 aliphatic heterocycles. The second-order valence-electron chi connectivity index (χ2n) is 4.43. The summed E-state index contributed by atoms with van der Waals surface area (Å²) in [5.41, 5.74) is -0.108. The van der Waals surface area contributed by atoms with Crippen LogP contribution in [-0.4, -0.2) is 24.4 Å². The molecule has 0 saturated heterocycles. The van der Waals surface area contributed by atoms with Gasteiger partial charge in [0.1, 0.15) is 18.2 Å². The fourth-order valence-corrected chi connectivity index (χ4v) is 1.27. The van der Waals surface area contributed by atoms with Gasteiger partial charge in [0.25, 0.3) is 0 Å². The summed E-state index contributed by atoms with van der Waals surface area (Å²) in [6.45, 7) is 3.99. The molecule has 0 amide bonds. The summed E-state index contributed by atoms with van der Waals surface area (Å²) >= 11 is 0. The molecule has 0 fully saturated rings. The van der Waals surface area contributed by atoms with Crippen molar-refractivity contribution >= 4 is 0 Å². The average molecular weight is 227 g/mol. The number of benzene rings is 1. The molecule has 0 bridgehead atoms. The van der Waals surface area contributed by atoms with Crippen molar-refractivity contribution in [3.05, 3.63) is 29.6 Å². The molecule has 4 heteroatoms. The number of ether oxygens (including phenoxy) is 1. The molecule has 0 aromatic heterocycles. The van der Waals surface area contributed by atoms with Gasteiger partial charge in [0, 0.05) is 12.6 Å². The van der Waals surface area contributed by atoms with Gasteiger partial charge in [-0.1, -0.05) is 0 Å². The number of nitrogens with one attached hydrogen (secondary N) is 1. The predicted molar refractivity (Wildman–Crippen MR) is 61.0 cm³/mol. The Morgan fingerprint density at radius 1 is 1.38 bits per heavy atom. The van der Waals surface area contributed by atoms with E-state index in [0.29, 0.717) is 12.3 Å². The van der Waals surface area contributed by atoms with Crippen molar-refractivity contribution in [2.24, 2.45) is 0 Å². The first kappa shape index (κ1) is 12.9. The van der Waals surface area contributed by atoms with Crippen LogP contribution in [0.25, 0.3) is 0 Å². The summed E-state index contributed by atoms with van der Waals surface area (Å²) < 4.78 is 18.5. The first-order valence-electron chi connectivity index (χ1n) is 5.20. The third-order valence-corrected chi connectivity index (χ3v) is 1.90. The highest BCUT2D eigenvalue weighted by Crippen LogP contribution is 2.17. The molecule has 0 radical (unpaired) electrons. The van der Waals surface area contributed by atoms with Crippen LogP contribution in [0.5, 0.6) is 5.75 Å². The Morgan fingerprint density at radius 2 is 2.06 bits per heavy atom. The lowest BCUT2D eigenvalue weighted by Gasteiger charge is -2.18.